The Hall–Kier alpha value is -2.10. The normalized spacial score (nSPS) is 12.2. The molecule has 4 heteroatoms. The maximum atomic E-state index is 11.8. The average molecular weight is 258 g/mol. The van der Waals surface area contributed by atoms with E-state index in [0.717, 1.165) is 16.7 Å². The van der Waals surface area contributed by atoms with Crippen molar-refractivity contribution in [2.45, 2.75) is 20.8 Å². The van der Waals surface area contributed by atoms with Crippen LogP contribution >= 0.6 is 0 Å². The van der Waals surface area contributed by atoms with E-state index in [1.807, 2.05) is 32.9 Å². The van der Waals surface area contributed by atoms with Crippen LogP contribution in [-0.4, -0.2) is 22.9 Å². The lowest BCUT2D eigenvalue weighted by molar-refractivity contribution is -0.121. The molecule has 0 saturated heterocycles. The zero-order valence-corrected chi connectivity index (χ0v) is 11.7. The fraction of sp³-hybridized carbons (Fsp3) is 0.333. The van der Waals surface area contributed by atoms with Crippen molar-refractivity contribution in [2.75, 3.05) is 7.11 Å². The van der Waals surface area contributed by atoms with Gasteiger partial charge in [-0.25, -0.2) is 4.98 Å². The standard InChI is InChI=1S/C15H18N2O2/c1-15(2,3)13(18)6-5-11-7-10-8-12(19-4)9-16-14(10)17-11/h5-9H,1-4H3,(H,16,17). The lowest BCUT2D eigenvalue weighted by atomic mass is 9.90. The number of hydrogen-bond donors (Lipinski definition) is 1. The highest BCUT2D eigenvalue weighted by Crippen LogP contribution is 2.20. The number of ketones is 1. The molecule has 0 aromatic carbocycles. The van der Waals surface area contributed by atoms with Gasteiger partial charge in [0.1, 0.15) is 11.4 Å². The smallest absolute Gasteiger partial charge is 0.161 e. The third-order valence-corrected chi connectivity index (χ3v) is 2.85. The second-order valence-electron chi connectivity index (χ2n) is 5.49. The Bertz CT molecular complexity index is 633. The molecule has 2 heterocycles. The largest absolute Gasteiger partial charge is 0.495 e. The summed E-state index contributed by atoms with van der Waals surface area (Å²) in [7, 11) is 1.61. The number of hydrogen-bond acceptors (Lipinski definition) is 3. The van der Waals surface area contributed by atoms with Crippen LogP contribution in [0.2, 0.25) is 0 Å². The molecule has 0 spiro atoms. The van der Waals surface area contributed by atoms with Crippen LogP contribution in [0.1, 0.15) is 26.5 Å². The molecule has 19 heavy (non-hydrogen) atoms. The molecule has 0 aliphatic heterocycles. The number of nitrogens with one attached hydrogen (secondary N) is 1. The number of allylic oxidation sites excluding steroid dienone is 1. The van der Waals surface area contributed by atoms with Gasteiger partial charge in [-0.3, -0.25) is 4.79 Å². The van der Waals surface area contributed by atoms with Crippen LogP contribution in [0.5, 0.6) is 5.75 Å². The molecule has 2 aromatic heterocycles. The van der Waals surface area contributed by atoms with E-state index in [0.29, 0.717) is 5.75 Å². The minimum absolute atomic E-state index is 0.0942. The van der Waals surface area contributed by atoms with Crippen LogP contribution in [-0.2, 0) is 4.79 Å². The van der Waals surface area contributed by atoms with Gasteiger partial charge in [-0.1, -0.05) is 20.8 Å². The number of aromatic nitrogens is 2. The van der Waals surface area contributed by atoms with Gasteiger partial charge in [0, 0.05) is 16.5 Å². The first-order chi connectivity index (χ1) is 8.90. The van der Waals surface area contributed by atoms with Gasteiger partial charge in [-0.15, -0.1) is 0 Å². The number of methoxy groups -OCH3 is 1. The molecular weight excluding hydrogens is 240 g/mol. The molecule has 0 amide bonds. The number of H-pyrrole nitrogens is 1. The summed E-state index contributed by atoms with van der Waals surface area (Å²) in [6, 6.07) is 3.85. The van der Waals surface area contributed by atoms with Gasteiger partial charge in [0.15, 0.2) is 5.78 Å². The maximum absolute atomic E-state index is 11.8. The van der Waals surface area contributed by atoms with E-state index < -0.39 is 0 Å². The van der Waals surface area contributed by atoms with Gasteiger partial charge < -0.3 is 9.72 Å². The molecule has 100 valence electrons. The molecule has 0 radical (unpaired) electrons. The van der Waals surface area contributed by atoms with Crippen molar-refractivity contribution in [1.82, 2.24) is 9.97 Å². The number of ether oxygens (including phenoxy) is 1. The summed E-state index contributed by atoms with van der Waals surface area (Å²) in [5.74, 6) is 0.810. The lowest BCUT2D eigenvalue weighted by Crippen LogP contribution is -2.17. The highest BCUT2D eigenvalue weighted by molar-refractivity contribution is 5.97. The zero-order valence-electron chi connectivity index (χ0n) is 11.7. The summed E-state index contributed by atoms with van der Waals surface area (Å²) < 4.78 is 5.13. The van der Waals surface area contributed by atoms with Gasteiger partial charge >= 0.3 is 0 Å². The minimum Gasteiger partial charge on any atom is -0.495 e. The molecule has 0 atom stereocenters. The number of nitrogens with zero attached hydrogens (tertiary/aromatic N) is 1. The second-order valence-corrected chi connectivity index (χ2v) is 5.49. The first-order valence-corrected chi connectivity index (χ1v) is 6.15. The summed E-state index contributed by atoms with van der Waals surface area (Å²) in [6.45, 7) is 5.70. The number of carbonyl (C=O) groups excluding carboxylic acids is 1. The Morgan fingerprint density at radius 2 is 2.11 bits per heavy atom. The number of aromatic amines is 1. The Kier molecular flexibility index (Phi) is 3.42. The van der Waals surface area contributed by atoms with Crippen LogP contribution in [0.15, 0.2) is 24.4 Å². The van der Waals surface area contributed by atoms with Crippen LogP contribution < -0.4 is 4.74 Å². The zero-order chi connectivity index (χ0) is 14.0. The first kappa shape index (κ1) is 13.3. The third kappa shape index (κ3) is 3.02. The molecule has 0 bridgehead atoms. The topological polar surface area (TPSA) is 55.0 Å². The summed E-state index contributed by atoms with van der Waals surface area (Å²) >= 11 is 0. The van der Waals surface area contributed by atoms with Crippen LogP contribution in [0.25, 0.3) is 17.1 Å². The number of pyridine rings is 1. The summed E-state index contributed by atoms with van der Waals surface area (Å²) in [6.07, 6.45) is 5.04. The number of rotatable bonds is 3. The predicted octanol–water partition coefficient (Wildman–Crippen LogP) is 3.20. The summed E-state index contributed by atoms with van der Waals surface area (Å²) in [5, 5.41) is 0.960. The molecule has 0 aliphatic carbocycles. The molecule has 2 aromatic rings. The Morgan fingerprint density at radius 3 is 2.74 bits per heavy atom. The van der Waals surface area contributed by atoms with E-state index >= 15 is 0 Å². The SMILES string of the molecule is COc1cnc2[nH]c(C=CC(=O)C(C)(C)C)cc2c1. The first-order valence-electron chi connectivity index (χ1n) is 6.15. The van der Waals surface area contributed by atoms with Gasteiger partial charge in [-0.2, -0.15) is 0 Å². The summed E-state index contributed by atoms with van der Waals surface area (Å²) in [5.41, 5.74) is 1.28. The number of fused-ring (bicyclic) bond motifs is 1. The molecule has 0 unspecified atom stereocenters. The molecule has 0 aliphatic rings. The molecule has 1 N–H and O–H groups in total. The minimum atomic E-state index is -0.357. The van der Waals surface area contributed by atoms with E-state index in [4.69, 9.17) is 4.74 Å². The van der Waals surface area contributed by atoms with Crippen LogP contribution in [0, 0.1) is 5.41 Å². The van der Waals surface area contributed by atoms with Gasteiger partial charge in [0.2, 0.25) is 0 Å². The van der Waals surface area contributed by atoms with Crippen molar-refractivity contribution in [3.8, 4) is 5.75 Å². The Balaban J connectivity index is 2.27. The van der Waals surface area contributed by atoms with Gasteiger partial charge in [0.05, 0.1) is 13.3 Å². The van der Waals surface area contributed by atoms with E-state index in [1.54, 1.807) is 25.5 Å². The van der Waals surface area contributed by atoms with Crippen molar-refractivity contribution >= 4 is 22.9 Å². The molecule has 0 fully saturated rings. The monoisotopic (exact) mass is 258 g/mol. The Labute approximate surface area is 112 Å². The van der Waals surface area contributed by atoms with Gasteiger partial charge in [0.25, 0.3) is 0 Å². The fourth-order valence-corrected chi connectivity index (χ4v) is 1.63. The molecule has 0 saturated carbocycles. The predicted molar refractivity (Wildman–Crippen MR) is 76.1 cm³/mol. The van der Waals surface area contributed by atoms with Crippen molar-refractivity contribution < 1.29 is 9.53 Å². The average Bonchev–Trinajstić information content (AvgIpc) is 2.76. The van der Waals surface area contributed by atoms with E-state index in [1.165, 1.54) is 0 Å². The van der Waals surface area contributed by atoms with Crippen molar-refractivity contribution in [3.63, 3.8) is 0 Å². The lowest BCUT2D eigenvalue weighted by Gasteiger charge is -2.12. The number of carbonyl (C=O) groups is 1. The van der Waals surface area contributed by atoms with E-state index in [-0.39, 0.29) is 11.2 Å². The van der Waals surface area contributed by atoms with Crippen molar-refractivity contribution in [3.05, 3.63) is 30.1 Å². The van der Waals surface area contributed by atoms with Gasteiger partial charge in [-0.05, 0) is 24.3 Å². The summed E-state index contributed by atoms with van der Waals surface area (Å²) in [4.78, 5) is 19.2. The highest BCUT2D eigenvalue weighted by Gasteiger charge is 2.17. The maximum Gasteiger partial charge on any atom is 0.161 e. The second kappa shape index (κ2) is 4.88. The van der Waals surface area contributed by atoms with Crippen LogP contribution in [0.4, 0.5) is 0 Å². The Morgan fingerprint density at radius 1 is 1.37 bits per heavy atom. The van der Waals surface area contributed by atoms with E-state index in [9.17, 15) is 4.79 Å². The molecular formula is C15H18N2O2. The third-order valence-electron chi connectivity index (χ3n) is 2.85. The van der Waals surface area contributed by atoms with Crippen molar-refractivity contribution in [2.24, 2.45) is 5.41 Å². The quantitative estimate of drug-likeness (QED) is 0.860. The molecule has 2 rings (SSSR count). The van der Waals surface area contributed by atoms with Crippen molar-refractivity contribution in [1.29, 1.82) is 0 Å². The molecule has 4 nitrogen and oxygen atoms in total. The fourth-order valence-electron chi connectivity index (χ4n) is 1.63. The van der Waals surface area contributed by atoms with Crippen LogP contribution in [0.3, 0.4) is 0 Å². The van der Waals surface area contributed by atoms with E-state index in [2.05, 4.69) is 9.97 Å². The highest BCUT2D eigenvalue weighted by atomic mass is 16.5.